The average molecular weight is 466 g/mol. The number of anilines is 1. The van der Waals surface area contributed by atoms with E-state index in [1.54, 1.807) is 24.3 Å². The summed E-state index contributed by atoms with van der Waals surface area (Å²) in [5, 5.41) is 20.8. The number of hydrogen-bond acceptors (Lipinski definition) is 9. The molecule has 4 N–H and O–H groups in total. The Labute approximate surface area is 195 Å². The van der Waals surface area contributed by atoms with Gasteiger partial charge in [0.2, 0.25) is 5.91 Å². The van der Waals surface area contributed by atoms with Crippen LogP contribution in [-0.4, -0.2) is 48.2 Å². The monoisotopic (exact) mass is 465 g/mol. The molecule has 2 amide bonds. The van der Waals surface area contributed by atoms with Gasteiger partial charge in [0.15, 0.2) is 0 Å². The predicted molar refractivity (Wildman–Crippen MR) is 122 cm³/mol. The van der Waals surface area contributed by atoms with Gasteiger partial charge in [-0.15, -0.1) is 5.06 Å². The minimum Gasteiger partial charge on any atom is -0.368 e. The van der Waals surface area contributed by atoms with E-state index in [0.717, 1.165) is 11.8 Å². The van der Waals surface area contributed by atoms with Crippen LogP contribution < -0.4 is 16.4 Å². The van der Waals surface area contributed by atoms with Gasteiger partial charge in [0.1, 0.15) is 28.2 Å². The SMILES string of the molecule is CCc1c(C#N)c(SC(C(N)=O)c2ccccc2)nc(N2CCN(OC(N)=O)CC2)c1C#N. The molecule has 1 unspecified atom stereocenters. The van der Waals surface area contributed by atoms with Gasteiger partial charge in [0.05, 0.1) is 24.2 Å². The minimum absolute atomic E-state index is 0.265. The molecule has 2 heterocycles. The molecule has 10 nitrogen and oxygen atoms in total. The van der Waals surface area contributed by atoms with Crippen LogP contribution in [0, 0.1) is 22.7 Å². The third-order valence-corrected chi connectivity index (χ3v) is 6.43. The van der Waals surface area contributed by atoms with E-state index in [2.05, 4.69) is 17.1 Å². The Hall–Kier alpha value is -3.80. The molecule has 3 rings (SSSR count). The smallest absolute Gasteiger partial charge is 0.368 e. The molecule has 170 valence electrons. The van der Waals surface area contributed by atoms with Gasteiger partial charge in [-0.1, -0.05) is 49.0 Å². The van der Waals surface area contributed by atoms with Gasteiger partial charge >= 0.3 is 6.09 Å². The van der Waals surface area contributed by atoms with E-state index in [9.17, 15) is 20.1 Å². The highest BCUT2D eigenvalue weighted by Crippen LogP contribution is 2.39. The third kappa shape index (κ3) is 5.34. The summed E-state index contributed by atoms with van der Waals surface area (Å²) in [5.74, 6) is -0.135. The van der Waals surface area contributed by atoms with Gasteiger partial charge in [-0.3, -0.25) is 4.79 Å². The number of benzene rings is 1. The summed E-state index contributed by atoms with van der Waals surface area (Å²) in [6, 6.07) is 13.4. The number of nitriles is 2. The largest absolute Gasteiger partial charge is 0.423 e. The number of nitrogens with zero attached hydrogens (tertiary/aromatic N) is 5. The van der Waals surface area contributed by atoms with Crippen LogP contribution >= 0.6 is 11.8 Å². The van der Waals surface area contributed by atoms with Gasteiger partial charge in [0.25, 0.3) is 0 Å². The van der Waals surface area contributed by atoms with E-state index in [4.69, 9.17) is 16.3 Å². The highest BCUT2D eigenvalue weighted by Gasteiger charge is 2.29. The summed E-state index contributed by atoms with van der Waals surface area (Å²) in [5.41, 5.74) is 12.6. The van der Waals surface area contributed by atoms with Gasteiger partial charge in [0, 0.05) is 13.1 Å². The summed E-state index contributed by atoms with van der Waals surface area (Å²) in [6.07, 6.45) is -0.449. The van der Waals surface area contributed by atoms with Crippen molar-refractivity contribution >= 4 is 29.6 Å². The molecule has 1 saturated heterocycles. The van der Waals surface area contributed by atoms with Crippen LogP contribution in [0.25, 0.3) is 0 Å². The fourth-order valence-electron chi connectivity index (χ4n) is 3.65. The quantitative estimate of drug-likeness (QED) is 0.581. The zero-order chi connectivity index (χ0) is 24.0. The number of pyridine rings is 1. The molecule has 1 aliphatic rings. The standard InChI is InChI=1S/C22H23N7O3S/c1-2-15-16(12-23)20(28-8-10-29(11-9-28)32-22(26)31)27-21(17(15)13-24)33-18(19(25)30)14-6-4-3-5-7-14/h3-7,18H,2,8-11H2,1H3,(H2,25,30)(H2,26,31). The Balaban J connectivity index is 2.02. The lowest BCUT2D eigenvalue weighted by atomic mass is 10.0. The summed E-state index contributed by atoms with van der Waals surface area (Å²) < 4.78 is 0. The number of thioether (sulfide) groups is 1. The van der Waals surface area contributed by atoms with E-state index in [1.165, 1.54) is 5.06 Å². The second-order valence-electron chi connectivity index (χ2n) is 7.18. The van der Waals surface area contributed by atoms with Crippen molar-refractivity contribution in [1.82, 2.24) is 10.0 Å². The summed E-state index contributed by atoms with van der Waals surface area (Å²) in [6.45, 7) is 3.44. The maximum atomic E-state index is 12.3. The number of hydroxylamine groups is 2. The first-order valence-electron chi connectivity index (χ1n) is 10.2. The third-order valence-electron chi connectivity index (χ3n) is 5.17. The van der Waals surface area contributed by atoms with Crippen LogP contribution in [-0.2, 0) is 16.1 Å². The van der Waals surface area contributed by atoms with Crippen molar-refractivity contribution in [2.75, 3.05) is 31.1 Å². The van der Waals surface area contributed by atoms with Crippen LogP contribution in [0.5, 0.6) is 0 Å². The molecular formula is C22H23N7O3S. The first-order chi connectivity index (χ1) is 15.9. The van der Waals surface area contributed by atoms with Crippen molar-refractivity contribution in [3.8, 4) is 12.1 Å². The number of piperazine rings is 1. The lowest BCUT2D eigenvalue weighted by Crippen LogP contribution is -2.48. The Bertz CT molecular complexity index is 1120. The molecule has 1 fully saturated rings. The number of rotatable bonds is 7. The molecule has 1 atom stereocenters. The number of aromatic nitrogens is 1. The van der Waals surface area contributed by atoms with Crippen molar-refractivity contribution in [2.45, 2.75) is 23.6 Å². The molecule has 1 aromatic heterocycles. The fraction of sp³-hybridized carbons (Fsp3) is 0.318. The van der Waals surface area contributed by atoms with Crippen LogP contribution in [0.2, 0.25) is 0 Å². The average Bonchev–Trinajstić information content (AvgIpc) is 2.81. The number of carbonyl (C=O) groups is 2. The maximum Gasteiger partial charge on any atom is 0.423 e. The molecular weight excluding hydrogens is 442 g/mol. The topological polar surface area (TPSA) is 162 Å². The Morgan fingerprint density at radius 2 is 1.76 bits per heavy atom. The first kappa shape index (κ1) is 23.9. The molecule has 0 aliphatic carbocycles. The summed E-state index contributed by atoms with van der Waals surface area (Å²) in [4.78, 5) is 34.8. The van der Waals surface area contributed by atoms with Crippen LogP contribution in [0.1, 0.15) is 34.4 Å². The van der Waals surface area contributed by atoms with E-state index in [1.807, 2.05) is 17.9 Å². The predicted octanol–water partition coefficient (Wildman–Crippen LogP) is 1.84. The number of carbonyl (C=O) groups excluding carboxylic acids is 2. The molecule has 11 heteroatoms. The molecule has 1 aliphatic heterocycles. The zero-order valence-corrected chi connectivity index (χ0v) is 18.8. The number of nitrogens with two attached hydrogens (primary N) is 2. The van der Waals surface area contributed by atoms with Crippen molar-refractivity contribution < 1.29 is 14.4 Å². The first-order valence-corrected chi connectivity index (χ1v) is 11.1. The van der Waals surface area contributed by atoms with Gasteiger partial charge in [-0.05, 0) is 17.5 Å². The molecule has 2 aromatic rings. The van der Waals surface area contributed by atoms with Gasteiger partial charge < -0.3 is 21.2 Å². The fourth-order valence-corrected chi connectivity index (χ4v) is 4.70. The van der Waals surface area contributed by atoms with E-state index < -0.39 is 17.3 Å². The minimum atomic E-state index is -0.886. The van der Waals surface area contributed by atoms with Crippen LogP contribution in [0.3, 0.4) is 0 Å². The Morgan fingerprint density at radius 1 is 1.12 bits per heavy atom. The highest BCUT2D eigenvalue weighted by molar-refractivity contribution is 8.00. The Morgan fingerprint density at radius 3 is 2.27 bits per heavy atom. The molecule has 1 aromatic carbocycles. The lowest BCUT2D eigenvalue weighted by Gasteiger charge is -2.34. The molecule has 0 spiro atoms. The summed E-state index contributed by atoms with van der Waals surface area (Å²) in [7, 11) is 0. The second kappa shape index (κ2) is 10.7. The van der Waals surface area contributed by atoms with Crippen LogP contribution in [0.4, 0.5) is 10.6 Å². The molecule has 33 heavy (non-hydrogen) atoms. The van der Waals surface area contributed by atoms with Crippen molar-refractivity contribution in [1.29, 1.82) is 10.5 Å². The van der Waals surface area contributed by atoms with Gasteiger partial charge in [-0.25, -0.2) is 9.78 Å². The van der Waals surface area contributed by atoms with Crippen molar-refractivity contribution in [2.24, 2.45) is 11.5 Å². The lowest BCUT2D eigenvalue weighted by molar-refractivity contribution is -0.117. The second-order valence-corrected chi connectivity index (χ2v) is 8.28. The molecule has 0 radical (unpaired) electrons. The van der Waals surface area contributed by atoms with E-state index in [0.29, 0.717) is 60.1 Å². The zero-order valence-electron chi connectivity index (χ0n) is 18.0. The normalized spacial score (nSPS) is 14.7. The van der Waals surface area contributed by atoms with Crippen molar-refractivity contribution in [3.05, 3.63) is 52.6 Å². The number of amides is 2. The Kier molecular flexibility index (Phi) is 7.72. The number of primary amides is 2. The highest BCUT2D eigenvalue weighted by atomic mass is 32.2. The van der Waals surface area contributed by atoms with Crippen LogP contribution in [0.15, 0.2) is 35.4 Å². The maximum absolute atomic E-state index is 12.3. The number of hydrogen-bond donors (Lipinski definition) is 2. The van der Waals surface area contributed by atoms with E-state index in [-0.39, 0.29) is 5.56 Å². The summed E-state index contributed by atoms with van der Waals surface area (Å²) >= 11 is 1.10. The van der Waals surface area contributed by atoms with Gasteiger partial charge in [-0.2, -0.15) is 10.5 Å². The van der Waals surface area contributed by atoms with Crippen molar-refractivity contribution in [3.63, 3.8) is 0 Å². The molecule has 0 saturated carbocycles. The molecule has 0 bridgehead atoms. The van der Waals surface area contributed by atoms with E-state index >= 15 is 0 Å².